The lowest BCUT2D eigenvalue weighted by molar-refractivity contribution is -0.385. The number of halogens is 1. The summed E-state index contributed by atoms with van der Waals surface area (Å²) >= 11 is 0. The van der Waals surface area contributed by atoms with E-state index in [1.165, 1.54) is 6.92 Å². The van der Waals surface area contributed by atoms with Gasteiger partial charge in [0.1, 0.15) is 5.82 Å². The number of hydrogen-bond donors (Lipinski definition) is 1. The number of nitro benzene ring substituents is 1. The lowest BCUT2D eigenvalue weighted by atomic mass is 10.1. The third kappa shape index (κ3) is 1.68. The summed E-state index contributed by atoms with van der Waals surface area (Å²) in [7, 11) is 0. The van der Waals surface area contributed by atoms with E-state index in [9.17, 15) is 19.3 Å². The molecule has 0 saturated heterocycles. The molecule has 0 spiro atoms. The van der Waals surface area contributed by atoms with Gasteiger partial charge in [-0.2, -0.15) is 0 Å². The second-order valence-corrected chi connectivity index (χ2v) is 2.74. The van der Waals surface area contributed by atoms with Gasteiger partial charge in [-0.3, -0.25) is 14.9 Å². The summed E-state index contributed by atoms with van der Waals surface area (Å²) in [6.07, 6.45) is 0. The molecular weight excluding hydrogens is 191 g/mol. The number of non-ortho nitro benzene ring substituents is 1. The van der Waals surface area contributed by atoms with Crippen LogP contribution in [0.2, 0.25) is 0 Å². The average Bonchev–Trinajstić information content (AvgIpc) is 2.01. The predicted octanol–water partition coefficient (Wildman–Crippen LogP) is 1.14. The molecule has 0 bridgehead atoms. The fourth-order valence-electron chi connectivity index (χ4n) is 1.14. The minimum atomic E-state index is -0.968. The van der Waals surface area contributed by atoms with E-state index in [2.05, 4.69) is 0 Å². The van der Waals surface area contributed by atoms with Crippen LogP contribution < -0.4 is 5.73 Å². The van der Waals surface area contributed by atoms with E-state index in [4.69, 9.17) is 5.73 Å². The van der Waals surface area contributed by atoms with Gasteiger partial charge in [0.25, 0.3) is 11.6 Å². The number of amides is 1. The van der Waals surface area contributed by atoms with Crippen LogP contribution in [0.1, 0.15) is 15.9 Å². The van der Waals surface area contributed by atoms with E-state index in [1.807, 2.05) is 0 Å². The topological polar surface area (TPSA) is 86.2 Å². The summed E-state index contributed by atoms with van der Waals surface area (Å²) in [6.45, 7) is 1.39. The van der Waals surface area contributed by atoms with Gasteiger partial charge in [0.2, 0.25) is 0 Å². The Kier molecular flexibility index (Phi) is 2.46. The summed E-state index contributed by atoms with van der Waals surface area (Å²) in [6, 6.07) is 1.77. The lowest BCUT2D eigenvalue weighted by Crippen LogP contribution is -2.15. The molecule has 0 aliphatic carbocycles. The third-order valence-corrected chi connectivity index (χ3v) is 1.73. The Morgan fingerprint density at radius 1 is 1.57 bits per heavy atom. The van der Waals surface area contributed by atoms with Crippen LogP contribution in [0, 0.1) is 22.9 Å². The Morgan fingerprint density at radius 2 is 2.14 bits per heavy atom. The van der Waals surface area contributed by atoms with Crippen LogP contribution in [0.15, 0.2) is 12.1 Å². The first kappa shape index (κ1) is 10.1. The van der Waals surface area contributed by atoms with E-state index in [0.29, 0.717) is 6.07 Å². The number of carbonyl (C=O) groups is 1. The molecule has 0 aromatic heterocycles. The molecule has 1 amide bonds. The maximum atomic E-state index is 13.1. The quantitative estimate of drug-likeness (QED) is 0.571. The molecule has 0 aliphatic heterocycles. The van der Waals surface area contributed by atoms with Gasteiger partial charge in [-0.15, -0.1) is 0 Å². The van der Waals surface area contributed by atoms with Crippen molar-refractivity contribution in [3.63, 3.8) is 0 Å². The Hall–Kier alpha value is -1.98. The highest BCUT2D eigenvalue weighted by Crippen LogP contribution is 2.20. The van der Waals surface area contributed by atoms with Gasteiger partial charge in [-0.05, 0) is 12.5 Å². The summed E-state index contributed by atoms with van der Waals surface area (Å²) in [5, 5.41) is 10.3. The summed E-state index contributed by atoms with van der Waals surface area (Å²) in [5.74, 6) is -1.90. The van der Waals surface area contributed by atoms with Crippen LogP contribution in [0.25, 0.3) is 0 Å². The fraction of sp³-hybridized carbons (Fsp3) is 0.125. The van der Waals surface area contributed by atoms with Gasteiger partial charge in [0.15, 0.2) is 0 Å². The van der Waals surface area contributed by atoms with Crippen LogP contribution in [-0.4, -0.2) is 10.8 Å². The van der Waals surface area contributed by atoms with Crippen molar-refractivity contribution in [1.82, 2.24) is 0 Å². The van der Waals surface area contributed by atoms with Gasteiger partial charge in [0, 0.05) is 6.07 Å². The van der Waals surface area contributed by atoms with E-state index >= 15 is 0 Å². The first-order chi connectivity index (χ1) is 6.43. The number of rotatable bonds is 2. The Labute approximate surface area is 78.5 Å². The summed E-state index contributed by atoms with van der Waals surface area (Å²) in [4.78, 5) is 20.3. The first-order valence-electron chi connectivity index (χ1n) is 3.68. The van der Waals surface area contributed by atoms with Crippen LogP contribution in [0.3, 0.4) is 0 Å². The highest BCUT2D eigenvalue weighted by Gasteiger charge is 2.17. The third-order valence-electron chi connectivity index (χ3n) is 1.73. The fourth-order valence-corrected chi connectivity index (χ4v) is 1.14. The van der Waals surface area contributed by atoms with E-state index in [0.717, 1.165) is 6.07 Å². The van der Waals surface area contributed by atoms with Crippen molar-refractivity contribution in [3.05, 3.63) is 39.2 Å². The van der Waals surface area contributed by atoms with Crippen LogP contribution in [0.5, 0.6) is 0 Å². The van der Waals surface area contributed by atoms with Crippen LogP contribution in [-0.2, 0) is 0 Å². The number of carbonyl (C=O) groups excluding carboxylic acids is 1. The standard InChI is InChI=1S/C8H7FN2O3/c1-4-2-5(11(13)14)3-6(9)7(4)8(10)12/h2-3H,1H3,(H2,10,12). The number of aryl methyl sites for hydroxylation is 1. The number of benzene rings is 1. The first-order valence-corrected chi connectivity index (χ1v) is 3.68. The molecule has 1 aromatic carbocycles. The van der Waals surface area contributed by atoms with Gasteiger partial charge in [-0.1, -0.05) is 0 Å². The average molecular weight is 198 g/mol. The SMILES string of the molecule is Cc1cc([N+](=O)[O-])cc(F)c1C(N)=O. The van der Waals surface area contributed by atoms with Crippen LogP contribution >= 0.6 is 0 Å². The minimum Gasteiger partial charge on any atom is -0.365 e. The molecule has 1 rings (SSSR count). The molecule has 0 heterocycles. The summed E-state index contributed by atoms with van der Waals surface area (Å²) < 4.78 is 13.1. The zero-order valence-corrected chi connectivity index (χ0v) is 7.28. The molecule has 0 unspecified atom stereocenters. The molecule has 14 heavy (non-hydrogen) atoms. The van der Waals surface area contributed by atoms with Gasteiger partial charge < -0.3 is 5.73 Å². The maximum absolute atomic E-state index is 13.1. The lowest BCUT2D eigenvalue weighted by Gasteiger charge is -2.02. The smallest absolute Gasteiger partial charge is 0.272 e. The molecule has 2 N–H and O–H groups in total. The number of nitro groups is 1. The van der Waals surface area contributed by atoms with Crippen molar-refractivity contribution < 1.29 is 14.1 Å². The highest BCUT2D eigenvalue weighted by atomic mass is 19.1. The molecule has 5 nitrogen and oxygen atoms in total. The number of nitrogens with zero attached hydrogens (tertiary/aromatic N) is 1. The normalized spacial score (nSPS) is 9.86. The van der Waals surface area contributed by atoms with Crippen molar-refractivity contribution >= 4 is 11.6 Å². The maximum Gasteiger partial charge on any atom is 0.272 e. The van der Waals surface area contributed by atoms with Crippen LogP contribution in [0.4, 0.5) is 10.1 Å². The molecule has 6 heteroatoms. The Bertz CT molecular complexity index is 394. The van der Waals surface area contributed by atoms with Crippen molar-refractivity contribution in [3.8, 4) is 0 Å². The highest BCUT2D eigenvalue weighted by molar-refractivity contribution is 5.94. The zero-order chi connectivity index (χ0) is 10.9. The van der Waals surface area contributed by atoms with Crippen molar-refractivity contribution in [2.24, 2.45) is 5.73 Å². The molecule has 0 aliphatic rings. The van der Waals surface area contributed by atoms with Gasteiger partial charge in [0.05, 0.1) is 16.6 Å². The number of primary amides is 1. The van der Waals surface area contributed by atoms with E-state index in [-0.39, 0.29) is 11.1 Å². The molecular formula is C8H7FN2O3. The number of hydrogen-bond acceptors (Lipinski definition) is 3. The minimum absolute atomic E-state index is 0.157. The largest absolute Gasteiger partial charge is 0.365 e. The van der Waals surface area contributed by atoms with Crippen molar-refractivity contribution in [2.45, 2.75) is 6.92 Å². The van der Waals surface area contributed by atoms with Crippen molar-refractivity contribution in [1.29, 1.82) is 0 Å². The molecule has 0 radical (unpaired) electrons. The molecule has 0 saturated carbocycles. The summed E-state index contributed by atoms with van der Waals surface area (Å²) in [5.41, 5.74) is 4.34. The second kappa shape index (κ2) is 3.41. The van der Waals surface area contributed by atoms with Gasteiger partial charge in [-0.25, -0.2) is 4.39 Å². The molecule has 74 valence electrons. The van der Waals surface area contributed by atoms with Gasteiger partial charge >= 0.3 is 0 Å². The van der Waals surface area contributed by atoms with E-state index < -0.39 is 22.3 Å². The Morgan fingerprint density at radius 3 is 2.50 bits per heavy atom. The van der Waals surface area contributed by atoms with E-state index in [1.54, 1.807) is 0 Å². The zero-order valence-electron chi connectivity index (χ0n) is 7.28. The number of nitrogens with two attached hydrogens (primary N) is 1. The molecule has 1 aromatic rings. The second-order valence-electron chi connectivity index (χ2n) is 2.74. The van der Waals surface area contributed by atoms with Crippen molar-refractivity contribution in [2.75, 3.05) is 0 Å². The Balaban J connectivity index is 3.39. The predicted molar refractivity (Wildman–Crippen MR) is 46.3 cm³/mol. The molecule has 0 fully saturated rings. The monoisotopic (exact) mass is 198 g/mol. The molecule has 0 atom stereocenters.